The van der Waals surface area contributed by atoms with Crippen LogP contribution < -0.4 is 15.2 Å². The molecule has 0 aliphatic heterocycles. The summed E-state index contributed by atoms with van der Waals surface area (Å²) in [6.07, 6.45) is 0. The largest absolute Gasteiger partial charge is 0.497 e. The number of rotatable bonds is 5. The van der Waals surface area contributed by atoms with Crippen LogP contribution in [-0.2, 0) is 6.61 Å². The maximum Gasteiger partial charge on any atom is 0.125 e. The van der Waals surface area contributed by atoms with Crippen molar-refractivity contribution in [3.63, 3.8) is 0 Å². The number of hydrogen-bond acceptors (Lipinski definition) is 3. The summed E-state index contributed by atoms with van der Waals surface area (Å²) >= 11 is 6.98. The van der Waals surface area contributed by atoms with Gasteiger partial charge in [0.2, 0.25) is 0 Å². The van der Waals surface area contributed by atoms with Crippen molar-refractivity contribution in [3.05, 3.63) is 56.5 Å². The molecule has 2 aromatic rings. The fraction of sp³-hybridized carbons (Fsp3) is 0.250. The van der Waals surface area contributed by atoms with Gasteiger partial charge in [-0.3, -0.25) is 0 Å². The Morgan fingerprint density at radius 3 is 2.57 bits per heavy atom. The highest BCUT2D eigenvalue weighted by Gasteiger charge is 2.10. The zero-order valence-electron chi connectivity index (χ0n) is 11.9. The zero-order chi connectivity index (χ0) is 15.4. The molecule has 5 heteroatoms. The van der Waals surface area contributed by atoms with E-state index in [1.165, 1.54) is 0 Å². The molecule has 112 valence electrons. The lowest BCUT2D eigenvalue weighted by Crippen LogP contribution is -2.08. The highest BCUT2D eigenvalue weighted by atomic mass is 79.9. The first kappa shape index (κ1) is 16.3. The summed E-state index contributed by atoms with van der Waals surface area (Å²) in [4.78, 5) is 0. The van der Waals surface area contributed by atoms with Crippen molar-refractivity contribution < 1.29 is 9.47 Å². The fourth-order valence-electron chi connectivity index (χ4n) is 1.95. The Labute approximate surface area is 141 Å². The second-order valence-corrected chi connectivity index (χ2v) is 6.49. The molecule has 2 aromatic carbocycles. The minimum Gasteiger partial charge on any atom is -0.497 e. The number of benzene rings is 2. The van der Waals surface area contributed by atoms with Crippen molar-refractivity contribution in [3.8, 4) is 11.5 Å². The van der Waals surface area contributed by atoms with Gasteiger partial charge in [-0.2, -0.15) is 0 Å². The van der Waals surface area contributed by atoms with Crippen LogP contribution in [-0.4, -0.2) is 7.11 Å². The minimum atomic E-state index is -0.0816. The summed E-state index contributed by atoms with van der Waals surface area (Å²) in [5, 5.41) is 0. The molecule has 21 heavy (non-hydrogen) atoms. The summed E-state index contributed by atoms with van der Waals surface area (Å²) < 4.78 is 13.1. The van der Waals surface area contributed by atoms with Crippen molar-refractivity contribution >= 4 is 31.9 Å². The Balaban J connectivity index is 2.22. The molecule has 2 N–H and O–H groups in total. The van der Waals surface area contributed by atoms with Crippen molar-refractivity contribution in [2.75, 3.05) is 7.11 Å². The van der Waals surface area contributed by atoms with E-state index < -0.39 is 0 Å². The summed E-state index contributed by atoms with van der Waals surface area (Å²) in [5.41, 5.74) is 7.99. The molecule has 0 spiro atoms. The predicted molar refractivity (Wildman–Crippen MR) is 91.8 cm³/mol. The third-order valence-corrected chi connectivity index (χ3v) is 4.37. The topological polar surface area (TPSA) is 44.5 Å². The van der Waals surface area contributed by atoms with Crippen LogP contribution in [0, 0.1) is 0 Å². The maximum atomic E-state index is 5.98. The smallest absolute Gasteiger partial charge is 0.125 e. The average molecular weight is 415 g/mol. The van der Waals surface area contributed by atoms with E-state index in [-0.39, 0.29) is 6.04 Å². The number of methoxy groups -OCH3 is 1. The van der Waals surface area contributed by atoms with E-state index in [1.54, 1.807) is 7.11 Å². The first-order valence-corrected chi connectivity index (χ1v) is 8.10. The lowest BCUT2D eigenvalue weighted by atomic mass is 10.1. The Morgan fingerprint density at radius 2 is 1.90 bits per heavy atom. The van der Waals surface area contributed by atoms with E-state index in [1.807, 2.05) is 43.3 Å². The lowest BCUT2D eigenvalue weighted by molar-refractivity contribution is 0.299. The van der Waals surface area contributed by atoms with Crippen molar-refractivity contribution in [1.82, 2.24) is 0 Å². The molecule has 3 nitrogen and oxygen atoms in total. The van der Waals surface area contributed by atoms with Gasteiger partial charge in [-0.1, -0.05) is 37.9 Å². The monoisotopic (exact) mass is 413 g/mol. The van der Waals surface area contributed by atoms with Crippen LogP contribution in [0.2, 0.25) is 0 Å². The van der Waals surface area contributed by atoms with Gasteiger partial charge in [0, 0.05) is 26.1 Å². The second kappa shape index (κ2) is 7.29. The van der Waals surface area contributed by atoms with E-state index in [0.29, 0.717) is 6.61 Å². The Bertz CT molecular complexity index is 630. The molecule has 0 aliphatic rings. The maximum absolute atomic E-state index is 5.98. The first-order chi connectivity index (χ1) is 10.0. The molecule has 0 heterocycles. The molecular weight excluding hydrogens is 398 g/mol. The molecule has 0 aliphatic carbocycles. The van der Waals surface area contributed by atoms with Crippen LogP contribution in [0.3, 0.4) is 0 Å². The van der Waals surface area contributed by atoms with E-state index in [9.17, 15) is 0 Å². The van der Waals surface area contributed by atoms with Gasteiger partial charge in [-0.25, -0.2) is 0 Å². The molecule has 0 saturated carbocycles. The molecule has 0 saturated heterocycles. The van der Waals surface area contributed by atoms with E-state index in [2.05, 4.69) is 31.9 Å². The third-order valence-electron chi connectivity index (χ3n) is 3.10. The predicted octanol–water partition coefficient (Wildman–Crippen LogP) is 4.82. The van der Waals surface area contributed by atoms with Crippen molar-refractivity contribution in [2.45, 2.75) is 19.6 Å². The Morgan fingerprint density at radius 1 is 1.14 bits per heavy atom. The van der Waals surface area contributed by atoms with Crippen LogP contribution in [0.1, 0.15) is 24.1 Å². The van der Waals surface area contributed by atoms with Crippen LogP contribution >= 0.6 is 31.9 Å². The van der Waals surface area contributed by atoms with Crippen molar-refractivity contribution in [1.29, 1.82) is 0 Å². The number of ether oxygens (including phenoxy) is 2. The SMILES string of the molecule is COc1ccc(Br)c(COc2cc(Br)ccc2[C@H](C)N)c1. The highest BCUT2D eigenvalue weighted by molar-refractivity contribution is 9.10. The molecule has 0 fully saturated rings. The van der Waals surface area contributed by atoms with Gasteiger partial charge in [0.1, 0.15) is 18.1 Å². The normalized spacial score (nSPS) is 12.0. The van der Waals surface area contributed by atoms with Gasteiger partial charge in [-0.05, 0) is 37.3 Å². The first-order valence-electron chi connectivity index (χ1n) is 6.51. The van der Waals surface area contributed by atoms with Crippen LogP contribution in [0.15, 0.2) is 45.3 Å². The number of halogens is 2. The van der Waals surface area contributed by atoms with E-state index in [0.717, 1.165) is 31.6 Å². The quantitative estimate of drug-likeness (QED) is 0.762. The summed E-state index contributed by atoms with van der Waals surface area (Å²) in [6, 6.07) is 11.6. The molecule has 0 bridgehead atoms. The van der Waals surface area contributed by atoms with Crippen LogP contribution in [0.5, 0.6) is 11.5 Å². The lowest BCUT2D eigenvalue weighted by Gasteiger charge is -2.15. The van der Waals surface area contributed by atoms with Gasteiger partial charge in [0.25, 0.3) is 0 Å². The molecule has 0 unspecified atom stereocenters. The molecule has 0 radical (unpaired) electrons. The third kappa shape index (κ3) is 4.22. The molecule has 0 aromatic heterocycles. The Hall–Kier alpha value is -1.04. The van der Waals surface area contributed by atoms with Gasteiger partial charge < -0.3 is 15.2 Å². The summed E-state index contributed by atoms with van der Waals surface area (Å²) in [6.45, 7) is 2.38. The average Bonchev–Trinajstić information content (AvgIpc) is 2.46. The second-order valence-electron chi connectivity index (χ2n) is 4.72. The standard InChI is InChI=1S/C16H17Br2NO2/c1-10(19)14-5-3-12(17)8-16(14)21-9-11-7-13(20-2)4-6-15(11)18/h3-8,10H,9,19H2,1-2H3/t10-/m0/s1. The minimum absolute atomic E-state index is 0.0816. The number of nitrogens with two attached hydrogens (primary N) is 1. The van der Waals surface area contributed by atoms with E-state index >= 15 is 0 Å². The number of hydrogen-bond donors (Lipinski definition) is 1. The summed E-state index contributed by atoms with van der Waals surface area (Å²) in [7, 11) is 1.65. The van der Waals surface area contributed by atoms with Crippen LogP contribution in [0.4, 0.5) is 0 Å². The van der Waals surface area contributed by atoms with Crippen molar-refractivity contribution in [2.24, 2.45) is 5.73 Å². The Kier molecular flexibility index (Phi) is 5.67. The zero-order valence-corrected chi connectivity index (χ0v) is 15.1. The fourth-order valence-corrected chi connectivity index (χ4v) is 2.65. The molecule has 0 amide bonds. The summed E-state index contributed by atoms with van der Waals surface area (Å²) in [5.74, 6) is 1.59. The molecule has 2 rings (SSSR count). The van der Waals surface area contributed by atoms with Gasteiger partial charge in [-0.15, -0.1) is 0 Å². The highest BCUT2D eigenvalue weighted by Crippen LogP contribution is 2.30. The van der Waals surface area contributed by atoms with Crippen LogP contribution in [0.25, 0.3) is 0 Å². The molecular formula is C16H17Br2NO2. The van der Waals surface area contributed by atoms with Gasteiger partial charge in [0.15, 0.2) is 0 Å². The van der Waals surface area contributed by atoms with Gasteiger partial charge >= 0.3 is 0 Å². The van der Waals surface area contributed by atoms with Gasteiger partial charge in [0.05, 0.1) is 7.11 Å². The molecule has 1 atom stereocenters. The van der Waals surface area contributed by atoms with E-state index in [4.69, 9.17) is 15.2 Å².